The zero-order valence-electron chi connectivity index (χ0n) is 6.97. The third-order valence-corrected chi connectivity index (χ3v) is 1.44. The van der Waals surface area contributed by atoms with Gasteiger partial charge >= 0.3 is 0 Å². The number of amides is 1. The molecule has 5 N–H and O–H groups in total. The normalized spacial score (nSPS) is 12.9. The van der Waals surface area contributed by atoms with E-state index >= 15 is 0 Å². The summed E-state index contributed by atoms with van der Waals surface area (Å²) in [7, 11) is 0. The SMILES string of the molecule is CCCCNCC(N)C(N)=O. The molecule has 0 aromatic heterocycles. The van der Waals surface area contributed by atoms with Crippen molar-refractivity contribution in [2.75, 3.05) is 13.1 Å². The zero-order chi connectivity index (χ0) is 8.69. The summed E-state index contributed by atoms with van der Waals surface area (Å²) in [5, 5.41) is 3.04. The Morgan fingerprint density at radius 1 is 1.64 bits per heavy atom. The Kier molecular flexibility index (Phi) is 5.78. The van der Waals surface area contributed by atoms with Crippen LogP contribution in [0.15, 0.2) is 0 Å². The smallest absolute Gasteiger partial charge is 0.235 e. The summed E-state index contributed by atoms with van der Waals surface area (Å²) in [5.74, 6) is -0.450. The number of rotatable bonds is 6. The van der Waals surface area contributed by atoms with Gasteiger partial charge in [0.2, 0.25) is 5.91 Å². The molecular weight excluding hydrogens is 142 g/mol. The summed E-state index contributed by atoms with van der Waals surface area (Å²) >= 11 is 0. The molecule has 0 aromatic rings. The Morgan fingerprint density at radius 3 is 2.73 bits per heavy atom. The van der Waals surface area contributed by atoms with Crippen LogP contribution < -0.4 is 16.8 Å². The molecule has 0 rings (SSSR count). The van der Waals surface area contributed by atoms with Crippen molar-refractivity contribution in [3.63, 3.8) is 0 Å². The maximum Gasteiger partial charge on any atom is 0.235 e. The first-order valence-corrected chi connectivity index (χ1v) is 3.94. The first kappa shape index (κ1) is 10.4. The van der Waals surface area contributed by atoms with E-state index in [1.807, 2.05) is 0 Å². The van der Waals surface area contributed by atoms with Crippen molar-refractivity contribution in [3.05, 3.63) is 0 Å². The van der Waals surface area contributed by atoms with Gasteiger partial charge < -0.3 is 16.8 Å². The van der Waals surface area contributed by atoms with E-state index in [9.17, 15) is 4.79 Å². The Labute approximate surface area is 67.3 Å². The molecule has 0 aliphatic carbocycles. The standard InChI is InChI=1S/C7H17N3O/c1-2-3-4-10-5-6(8)7(9)11/h6,10H,2-5,8H2,1H3,(H2,9,11). The van der Waals surface area contributed by atoms with Gasteiger partial charge in [0.15, 0.2) is 0 Å². The topological polar surface area (TPSA) is 81.1 Å². The zero-order valence-corrected chi connectivity index (χ0v) is 6.97. The Bertz CT molecular complexity index is 116. The average Bonchev–Trinajstić information content (AvgIpc) is 1.97. The highest BCUT2D eigenvalue weighted by atomic mass is 16.1. The Balaban J connectivity index is 3.17. The fourth-order valence-corrected chi connectivity index (χ4v) is 0.660. The maximum absolute atomic E-state index is 10.4. The second kappa shape index (κ2) is 6.12. The minimum absolute atomic E-state index is 0.450. The van der Waals surface area contributed by atoms with E-state index in [4.69, 9.17) is 11.5 Å². The van der Waals surface area contributed by atoms with Crippen molar-refractivity contribution in [2.45, 2.75) is 25.8 Å². The molecule has 0 aromatic carbocycles. The second-order valence-electron chi connectivity index (χ2n) is 2.57. The van der Waals surface area contributed by atoms with Crippen LogP contribution in [0.3, 0.4) is 0 Å². The molecule has 0 saturated carbocycles. The number of nitrogens with two attached hydrogens (primary N) is 2. The second-order valence-corrected chi connectivity index (χ2v) is 2.57. The molecule has 0 radical (unpaired) electrons. The monoisotopic (exact) mass is 159 g/mol. The van der Waals surface area contributed by atoms with E-state index < -0.39 is 11.9 Å². The van der Waals surface area contributed by atoms with Crippen molar-refractivity contribution < 1.29 is 4.79 Å². The Morgan fingerprint density at radius 2 is 2.27 bits per heavy atom. The minimum atomic E-state index is -0.549. The predicted molar refractivity (Wildman–Crippen MR) is 44.9 cm³/mol. The molecule has 66 valence electrons. The van der Waals surface area contributed by atoms with Gasteiger partial charge in [0.1, 0.15) is 0 Å². The van der Waals surface area contributed by atoms with Gasteiger partial charge in [0.25, 0.3) is 0 Å². The number of carbonyl (C=O) groups is 1. The number of carbonyl (C=O) groups excluding carboxylic acids is 1. The third-order valence-electron chi connectivity index (χ3n) is 1.44. The predicted octanol–water partition coefficient (Wildman–Crippen LogP) is -0.811. The van der Waals surface area contributed by atoms with Crippen molar-refractivity contribution in [1.82, 2.24) is 5.32 Å². The molecule has 0 saturated heterocycles. The van der Waals surface area contributed by atoms with Crippen molar-refractivity contribution >= 4 is 5.91 Å². The number of primary amides is 1. The lowest BCUT2D eigenvalue weighted by Gasteiger charge is -2.07. The molecule has 0 heterocycles. The van der Waals surface area contributed by atoms with Crippen LogP contribution >= 0.6 is 0 Å². The van der Waals surface area contributed by atoms with Crippen molar-refractivity contribution in [2.24, 2.45) is 11.5 Å². The fraction of sp³-hybridized carbons (Fsp3) is 0.857. The summed E-state index contributed by atoms with van der Waals surface area (Å²) < 4.78 is 0. The van der Waals surface area contributed by atoms with Crippen LogP contribution in [0.2, 0.25) is 0 Å². The molecule has 0 spiro atoms. The van der Waals surface area contributed by atoms with Gasteiger partial charge in [-0.15, -0.1) is 0 Å². The molecule has 0 fully saturated rings. The van der Waals surface area contributed by atoms with Crippen LogP contribution in [-0.4, -0.2) is 25.0 Å². The summed E-state index contributed by atoms with van der Waals surface area (Å²) in [6.07, 6.45) is 2.24. The van der Waals surface area contributed by atoms with Crippen LogP contribution in [0.4, 0.5) is 0 Å². The van der Waals surface area contributed by atoms with E-state index in [-0.39, 0.29) is 0 Å². The van der Waals surface area contributed by atoms with E-state index in [2.05, 4.69) is 12.2 Å². The highest BCUT2D eigenvalue weighted by Gasteiger charge is 2.06. The lowest BCUT2D eigenvalue weighted by Crippen LogP contribution is -2.44. The number of unbranched alkanes of at least 4 members (excludes halogenated alkanes) is 1. The highest BCUT2D eigenvalue weighted by Crippen LogP contribution is 1.82. The largest absolute Gasteiger partial charge is 0.368 e. The molecule has 4 heteroatoms. The molecule has 1 atom stereocenters. The van der Waals surface area contributed by atoms with E-state index in [0.29, 0.717) is 6.54 Å². The minimum Gasteiger partial charge on any atom is -0.368 e. The molecule has 11 heavy (non-hydrogen) atoms. The van der Waals surface area contributed by atoms with Crippen LogP contribution in [-0.2, 0) is 4.79 Å². The van der Waals surface area contributed by atoms with Crippen molar-refractivity contribution in [1.29, 1.82) is 0 Å². The molecule has 4 nitrogen and oxygen atoms in total. The first-order chi connectivity index (χ1) is 5.18. The maximum atomic E-state index is 10.4. The first-order valence-electron chi connectivity index (χ1n) is 3.94. The Hall–Kier alpha value is -0.610. The van der Waals surface area contributed by atoms with Gasteiger partial charge in [0, 0.05) is 6.54 Å². The molecular formula is C7H17N3O. The summed E-state index contributed by atoms with van der Waals surface area (Å²) in [6, 6.07) is -0.549. The van der Waals surface area contributed by atoms with Gasteiger partial charge in [0.05, 0.1) is 6.04 Å². The number of nitrogens with one attached hydrogen (secondary N) is 1. The summed E-state index contributed by atoms with van der Waals surface area (Å²) in [4.78, 5) is 10.4. The van der Waals surface area contributed by atoms with Gasteiger partial charge in [-0.05, 0) is 13.0 Å². The van der Waals surface area contributed by atoms with E-state index in [0.717, 1.165) is 19.4 Å². The van der Waals surface area contributed by atoms with E-state index in [1.54, 1.807) is 0 Å². The lowest BCUT2D eigenvalue weighted by atomic mass is 10.3. The van der Waals surface area contributed by atoms with Crippen molar-refractivity contribution in [3.8, 4) is 0 Å². The van der Waals surface area contributed by atoms with Gasteiger partial charge in [-0.2, -0.15) is 0 Å². The third kappa shape index (κ3) is 5.82. The molecule has 0 bridgehead atoms. The molecule has 1 amide bonds. The number of hydrogen-bond donors (Lipinski definition) is 3. The molecule has 0 aliphatic rings. The van der Waals surface area contributed by atoms with Crippen LogP contribution in [0.1, 0.15) is 19.8 Å². The van der Waals surface area contributed by atoms with Crippen LogP contribution in [0, 0.1) is 0 Å². The van der Waals surface area contributed by atoms with Crippen LogP contribution in [0.5, 0.6) is 0 Å². The fourth-order valence-electron chi connectivity index (χ4n) is 0.660. The molecule has 0 aliphatic heterocycles. The summed E-state index contributed by atoms with van der Waals surface area (Å²) in [5.41, 5.74) is 10.3. The summed E-state index contributed by atoms with van der Waals surface area (Å²) in [6.45, 7) is 3.49. The number of hydrogen-bond acceptors (Lipinski definition) is 3. The van der Waals surface area contributed by atoms with E-state index in [1.165, 1.54) is 0 Å². The van der Waals surface area contributed by atoms with Crippen LogP contribution in [0.25, 0.3) is 0 Å². The van der Waals surface area contributed by atoms with Gasteiger partial charge in [-0.25, -0.2) is 0 Å². The lowest BCUT2D eigenvalue weighted by molar-refractivity contribution is -0.119. The average molecular weight is 159 g/mol. The van der Waals surface area contributed by atoms with Gasteiger partial charge in [-0.3, -0.25) is 4.79 Å². The molecule has 1 unspecified atom stereocenters. The quantitative estimate of drug-likeness (QED) is 0.443. The van der Waals surface area contributed by atoms with Gasteiger partial charge in [-0.1, -0.05) is 13.3 Å². The highest BCUT2D eigenvalue weighted by molar-refractivity contribution is 5.79.